The number of unbranched alkanes of at least 4 members (excludes halogenated alkanes) is 2. The van der Waals surface area contributed by atoms with Gasteiger partial charge in [0.2, 0.25) is 11.2 Å². The number of hydrogen-bond donors (Lipinski definition) is 2. The number of piperazine rings is 1. The zero-order valence-electron chi connectivity index (χ0n) is 27.3. The number of H-pyrrole nitrogens is 1. The molecule has 0 spiro atoms. The van der Waals surface area contributed by atoms with Crippen molar-refractivity contribution in [1.82, 2.24) is 19.8 Å². The van der Waals surface area contributed by atoms with E-state index in [-0.39, 0.29) is 17.1 Å². The molecular weight excluding hydrogens is 620 g/mol. The van der Waals surface area contributed by atoms with E-state index in [0.717, 1.165) is 51.0 Å². The summed E-state index contributed by atoms with van der Waals surface area (Å²) >= 11 is 6.01. The van der Waals surface area contributed by atoms with Crippen LogP contribution in [0.15, 0.2) is 54.6 Å². The number of benzene rings is 3. The first-order chi connectivity index (χ1) is 22.6. The van der Waals surface area contributed by atoms with Gasteiger partial charge in [-0.3, -0.25) is 14.4 Å². The molecule has 0 radical (unpaired) electrons. The van der Waals surface area contributed by atoms with Gasteiger partial charge in [-0.25, -0.2) is 4.98 Å². The van der Waals surface area contributed by atoms with E-state index in [9.17, 15) is 14.4 Å². The summed E-state index contributed by atoms with van der Waals surface area (Å²) in [4.78, 5) is 52.2. The number of aromatic amines is 1. The molecule has 1 aromatic heterocycles. The second kappa shape index (κ2) is 15.3. The summed E-state index contributed by atoms with van der Waals surface area (Å²) in [5.41, 5.74) is 3.87. The van der Waals surface area contributed by atoms with E-state index in [1.807, 2.05) is 30.0 Å². The molecule has 2 N–H and O–H groups in total. The van der Waals surface area contributed by atoms with E-state index in [1.165, 1.54) is 7.11 Å². The van der Waals surface area contributed by atoms with Crippen LogP contribution in [0.2, 0.25) is 5.28 Å². The molecule has 1 saturated heterocycles. The van der Waals surface area contributed by atoms with Crippen molar-refractivity contribution in [2.75, 3.05) is 64.2 Å². The summed E-state index contributed by atoms with van der Waals surface area (Å²) < 4.78 is 11.7. The SMILES string of the molecule is COc1cc(C(=O)N(C)c2ccc(C)cc2OCCCCCC(=O)N2CCN(C)CC2)ccc1NC(=O)c1cccc2[nH]c(Cl)nc12. The molecule has 2 heterocycles. The van der Waals surface area contributed by atoms with E-state index in [4.69, 9.17) is 21.1 Å². The molecular formula is C35H41ClN6O5. The predicted octanol–water partition coefficient (Wildman–Crippen LogP) is 5.78. The molecule has 0 aliphatic carbocycles. The number of aryl methyl sites for hydroxylation is 1. The molecule has 3 amide bonds. The van der Waals surface area contributed by atoms with Gasteiger partial charge in [0.05, 0.1) is 36.2 Å². The van der Waals surface area contributed by atoms with Crippen LogP contribution in [-0.2, 0) is 4.79 Å². The largest absolute Gasteiger partial charge is 0.495 e. The van der Waals surface area contributed by atoms with Crippen LogP contribution in [0.4, 0.5) is 11.4 Å². The number of imidazole rings is 1. The number of carbonyl (C=O) groups is 3. The first-order valence-corrected chi connectivity index (χ1v) is 16.1. The zero-order chi connectivity index (χ0) is 33.5. The molecule has 0 bridgehead atoms. The molecule has 1 aliphatic rings. The average Bonchev–Trinajstić information content (AvgIpc) is 3.46. The molecule has 1 fully saturated rings. The number of carbonyl (C=O) groups excluding carboxylic acids is 3. The predicted molar refractivity (Wildman–Crippen MR) is 184 cm³/mol. The second-order valence-corrected chi connectivity index (χ2v) is 12.1. The summed E-state index contributed by atoms with van der Waals surface area (Å²) in [7, 11) is 5.25. The molecule has 3 aromatic carbocycles. The highest BCUT2D eigenvalue weighted by molar-refractivity contribution is 6.29. The molecule has 0 saturated carbocycles. The number of nitrogens with one attached hydrogen (secondary N) is 2. The summed E-state index contributed by atoms with van der Waals surface area (Å²) in [5.74, 6) is 0.503. The highest BCUT2D eigenvalue weighted by Gasteiger charge is 2.21. The van der Waals surface area contributed by atoms with Crippen molar-refractivity contribution in [2.45, 2.75) is 32.6 Å². The summed E-state index contributed by atoms with van der Waals surface area (Å²) in [5, 5.41) is 3.05. The van der Waals surface area contributed by atoms with Crippen LogP contribution in [0.3, 0.4) is 0 Å². The molecule has 11 nitrogen and oxygen atoms in total. The van der Waals surface area contributed by atoms with E-state index >= 15 is 0 Å². The van der Waals surface area contributed by atoms with Gasteiger partial charge in [-0.1, -0.05) is 12.1 Å². The molecule has 0 unspecified atom stereocenters. The number of para-hydroxylation sites is 1. The fourth-order valence-corrected chi connectivity index (χ4v) is 5.76. The molecule has 4 aromatic rings. The van der Waals surface area contributed by atoms with E-state index in [2.05, 4.69) is 27.2 Å². The van der Waals surface area contributed by atoms with Crippen molar-refractivity contribution in [1.29, 1.82) is 0 Å². The van der Waals surface area contributed by atoms with Gasteiger partial charge >= 0.3 is 0 Å². The zero-order valence-corrected chi connectivity index (χ0v) is 28.0. The van der Waals surface area contributed by atoms with Crippen molar-refractivity contribution >= 4 is 51.7 Å². The Morgan fingerprint density at radius 1 is 1.00 bits per heavy atom. The number of hydrogen-bond acceptors (Lipinski definition) is 7. The Labute approximate surface area is 279 Å². The molecule has 0 atom stereocenters. The number of nitrogens with zero attached hydrogens (tertiary/aromatic N) is 4. The minimum absolute atomic E-state index is 0.191. The maximum absolute atomic E-state index is 13.6. The minimum Gasteiger partial charge on any atom is -0.495 e. The van der Waals surface area contributed by atoms with E-state index in [1.54, 1.807) is 48.3 Å². The third kappa shape index (κ3) is 8.22. The number of likely N-dealkylation sites (N-methyl/N-ethyl adjacent to an activating group) is 1. The van der Waals surface area contributed by atoms with Gasteiger partial charge in [0.25, 0.3) is 11.8 Å². The molecule has 1 aliphatic heterocycles. The first-order valence-electron chi connectivity index (χ1n) is 15.8. The Hall–Kier alpha value is -4.61. The Morgan fingerprint density at radius 3 is 2.55 bits per heavy atom. The number of aromatic nitrogens is 2. The average molecular weight is 661 g/mol. The lowest BCUT2D eigenvalue weighted by molar-refractivity contribution is -0.132. The van der Waals surface area contributed by atoms with Crippen molar-refractivity contribution in [2.24, 2.45) is 0 Å². The number of anilines is 2. The fourth-order valence-electron chi connectivity index (χ4n) is 5.57. The van der Waals surface area contributed by atoms with Crippen molar-refractivity contribution in [3.63, 3.8) is 0 Å². The maximum Gasteiger partial charge on any atom is 0.258 e. The molecule has 47 heavy (non-hydrogen) atoms. The highest BCUT2D eigenvalue weighted by Crippen LogP contribution is 2.32. The number of ether oxygens (including phenoxy) is 2. The smallest absolute Gasteiger partial charge is 0.258 e. The summed E-state index contributed by atoms with van der Waals surface area (Å²) in [6.07, 6.45) is 3.05. The van der Waals surface area contributed by atoms with Crippen LogP contribution in [0, 0.1) is 6.92 Å². The number of halogens is 1. The quantitative estimate of drug-likeness (QED) is 0.185. The van der Waals surface area contributed by atoms with Crippen molar-refractivity contribution in [3.8, 4) is 11.5 Å². The van der Waals surface area contributed by atoms with Crippen LogP contribution in [0.1, 0.15) is 52.0 Å². The normalized spacial score (nSPS) is 13.4. The van der Waals surface area contributed by atoms with Gasteiger partial charge in [-0.2, -0.15) is 0 Å². The van der Waals surface area contributed by atoms with Gasteiger partial charge in [0.15, 0.2) is 0 Å². The highest BCUT2D eigenvalue weighted by atomic mass is 35.5. The van der Waals surface area contributed by atoms with Gasteiger partial charge in [0, 0.05) is 45.2 Å². The maximum atomic E-state index is 13.6. The summed E-state index contributed by atoms with van der Waals surface area (Å²) in [6.45, 7) is 5.89. The van der Waals surface area contributed by atoms with Gasteiger partial charge < -0.3 is 34.5 Å². The fraction of sp³-hybridized carbons (Fsp3) is 0.371. The lowest BCUT2D eigenvalue weighted by atomic mass is 10.1. The van der Waals surface area contributed by atoms with Gasteiger partial charge in [-0.05, 0) is 92.9 Å². The van der Waals surface area contributed by atoms with Crippen molar-refractivity contribution < 1.29 is 23.9 Å². The van der Waals surface area contributed by atoms with Crippen LogP contribution >= 0.6 is 11.6 Å². The Bertz CT molecular complexity index is 1750. The van der Waals surface area contributed by atoms with E-state index in [0.29, 0.717) is 58.1 Å². The number of amides is 3. The van der Waals surface area contributed by atoms with Crippen LogP contribution in [0.25, 0.3) is 11.0 Å². The monoisotopic (exact) mass is 660 g/mol. The third-order valence-corrected chi connectivity index (χ3v) is 8.53. The standard InChI is InChI=1S/C35H41ClN6O5/c1-23-12-15-28(30(21-23)47-20-7-5-6-11-31(43)42-18-16-40(2)17-19-42)41(3)34(45)24-13-14-26(29(22-24)46-4)37-33(44)25-9-8-10-27-32(25)39-35(36)38-27/h8-10,12-15,21-22H,5-7,11,16-20H2,1-4H3,(H,37,44)(H,38,39). The molecule has 12 heteroatoms. The third-order valence-electron chi connectivity index (χ3n) is 8.35. The number of methoxy groups -OCH3 is 1. The van der Waals surface area contributed by atoms with Crippen LogP contribution < -0.4 is 19.7 Å². The van der Waals surface area contributed by atoms with Crippen LogP contribution in [0.5, 0.6) is 11.5 Å². The van der Waals surface area contributed by atoms with Gasteiger partial charge in [-0.15, -0.1) is 0 Å². The van der Waals surface area contributed by atoms with Crippen LogP contribution in [-0.4, -0.2) is 91.5 Å². The molecule has 248 valence electrons. The van der Waals surface area contributed by atoms with E-state index < -0.39 is 5.91 Å². The van der Waals surface area contributed by atoms with Gasteiger partial charge in [0.1, 0.15) is 17.0 Å². The number of rotatable bonds is 12. The molecule has 5 rings (SSSR count). The van der Waals surface area contributed by atoms with Crippen molar-refractivity contribution in [3.05, 3.63) is 76.6 Å². The first kappa shape index (κ1) is 33.7. The minimum atomic E-state index is -0.392. The lowest BCUT2D eigenvalue weighted by Crippen LogP contribution is -2.47. The second-order valence-electron chi connectivity index (χ2n) is 11.8. The summed E-state index contributed by atoms with van der Waals surface area (Å²) in [6, 6.07) is 15.8. The lowest BCUT2D eigenvalue weighted by Gasteiger charge is -2.32. The topological polar surface area (TPSA) is 120 Å². The Morgan fingerprint density at radius 2 is 1.79 bits per heavy atom. The Balaban J connectivity index is 1.19. The Kier molecular flexibility index (Phi) is 11.0. The number of fused-ring (bicyclic) bond motifs is 1.